The van der Waals surface area contributed by atoms with Gasteiger partial charge in [-0.25, -0.2) is 4.79 Å². The molecule has 1 atom stereocenters. The number of aliphatic hydroxyl groups excluding tert-OH is 1. The summed E-state index contributed by atoms with van der Waals surface area (Å²) in [5.41, 5.74) is -0.852. The summed E-state index contributed by atoms with van der Waals surface area (Å²) < 4.78 is 4.70. The minimum absolute atomic E-state index is 0.161. The van der Waals surface area contributed by atoms with Gasteiger partial charge in [-0.05, 0) is 32.4 Å². The number of Topliss-reactive ketones (excluding diaryl/α,β-unsaturated/α-hetero) is 1. The van der Waals surface area contributed by atoms with Gasteiger partial charge in [0.25, 0.3) is 11.5 Å². The minimum Gasteiger partial charge on any atom is -0.507 e. The number of benzene rings is 2. The molecule has 150 valence electrons. The molecule has 0 spiro atoms. The maximum Gasteiger partial charge on any atom is 0.365 e. The number of anilines is 1. The van der Waals surface area contributed by atoms with Crippen molar-refractivity contribution in [1.29, 1.82) is 0 Å². The van der Waals surface area contributed by atoms with E-state index in [2.05, 4.69) is 0 Å². The molecule has 1 amide bonds. The summed E-state index contributed by atoms with van der Waals surface area (Å²) in [5, 5.41) is 22.1. The Hall–Kier alpha value is -3.45. The standard InChI is InChI=1S/C22H21NO6/c1-12-5-8-15(9-6-12)18(24)17-19(25)20(26)23(22(17,28)21(27)29-4)16-10-7-13(2)11-14(16)3/h5-11,24,28H,1-4H3. The van der Waals surface area contributed by atoms with Crippen LogP contribution in [0.2, 0.25) is 0 Å². The molecule has 1 aliphatic heterocycles. The van der Waals surface area contributed by atoms with Gasteiger partial charge in [-0.1, -0.05) is 47.5 Å². The summed E-state index contributed by atoms with van der Waals surface area (Å²) in [6.07, 6.45) is 0. The predicted molar refractivity (Wildman–Crippen MR) is 106 cm³/mol. The van der Waals surface area contributed by atoms with Crippen LogP contribution in [0, 0.1) is 20.8 Å². The highest BCUT2D eigenvalue weighted by Crippen LogP contribution is 2.41. The van der Waals surface area contributed by atoms with Crippen LogP contribution < -0.4 is 4.90 Å². The van der Waals surface area contributed by atoms with E-state index in [1.165, 1.54) is 18.2 Å². The van der Waals surface area contributed by atoms with Crippen molar-refractivity contribution in [3.8, 4) is 0 Å². The van der Waals surface area contributed by atoms with Crippen LogP contribution in [0.25, 0.3) is 5.76 Å². The van der Waals surface area contributed by atoms with Gasteiger partial charge in [-0.2, -0.15) is 0 Å². The van der Waals surface area contributed by atoms with E-state index in [1.807, 2.05) is 13.8 Å². The van der Waals surface area contributed by atoms with Crippen molar-refractivity contribution in [2.24, 2.45) is 0 Å². The molecule has 0 bridgehead atoms. The molecule has 0 aliphatic carbocycles. The Morgan fingerprint density at radius 1 is 1.00 bits per heavy atom. The Morgan fingerprint density at radius 3 is 2.14 bits per heavy atom. The molecule has 0 aromatic heterocycles. The number of ketones is 1. The summed E-state index contributed by atoms with van der Waals surface area (Å²) in [6, 6.07) is 11.4. The molecule has 2 N–H and O–H groups in total. The molecule has 2 aromatic rings. The van der Waals surface area contributed by atoms with E-state index in [0.717, 1.165) is 18.2 Å². The third-order valence-electron chi connectivity index (χ3n) is 4.92. The van der Waals surface area contributed by atoms with Crippen LogP contribution in [0.15, 0.2) is 48.0 Å². The first-order chi connectivity index (χ1) is 13.6. The summed E-state index contributed by atoms with van der Waals surface area (Å²) in [4.78, 5) is 39.0. The van der Waals surface area contributed by atoms with Crippen LogP contribution >= 0.6 is 0 Å². The van der Waals surface area contributed by atoms with Crippen LogP contribution in [0.1, 0.15) is 22.3 Å². The fourth-order valence-corrected chi connectivity index (χ4v) is 3.43. The number of rotatable bonds is 3. The number of aryl methyl sites for hydroxylation is 3. The average Bonchev–Trinajstić information content (AvgIpc) is 2.88. The molecule has 0 radical (unpaired) electrons. The Morgan fingerprint density at radius 2 is 1.59 bits per heavy atom. The lowest BCUT2D eigenvalue weighted by atomic mass is 9.97. The molecule has 1 aliphatic rings. The quantitative estimate of drug-likeness (QED) is 0.358. The first kappa shape index (κ1) is 20.3. The second kappa shape index (κ2) is 7.18. The van der Waals surface area contributed by atoms with E-state index in [1.54, 1.807) is 31.2 Å². The van der Waals surface area contributed by atoms with Crippen molar-refractivity contribution in [2.45, 2.75) is 26.5 Å². The number of carbonyl (C=O) groups is 3. The first-order valence-electron chi connectivity index (χ1n) is 8.90. The monoisotopic (exact) mass is 395 g/mol. The summed E-state index contributed by atoms with van der Waals surface area (Å²) in [5.74, 6) is -4.25. The highest BCUT2D eigenvalue weighted by atomic mass is 16.5. The number of hydrogen-bond donors (Lipinski definition) is 2. The number of carbonyl (C=O) groups excluding carboxylic acids is 3. The Labute approximate surface area is 167 Å². The zero-order chi connectivity index (χ0) is 21.5. The van der Waals surface area contributed by atoms with E-state index in [-0.39, 0.29) is 11.3 Å². The first-order valence-corrected chi connectivity index (χ1v) is 8.90. The van der Waals surface area contributed by atoms with E-state index >= 15 is 0 Å². The maximum absolute atomic E-state index is 12.8. The number of esters is 1. The Kier molecular flexibility index (Phi) is 5.02. The molecule has 1 fully saturated rings. The average molecular weight is 395 g/mol. The van der Waals surface area contributed by atoms with Gasteiger partial charge in [0, 0.05) is 5.56 Å². The maximum atomic E-state index is 12.8. The second-order valence-electron chi connectivity index (χ2n) is 7.01. The van der Waals surface area contributed by atoms with Crippen molar-refractivity contribution < 1.29 is 29.3 Å². The number of methoxy groups -OCH3 is 1. The van der Waals surface area contributed by atoms with E-state index in [0.29, 0.717) is 10.5 Å². The fraction of sp³-hybridized carbons (Fsp3) is 0.227. The zero-order valence-electron chi connectivity index (χ0n) is 16.5. The number of aliphatic hydroxyl groups is 2. The van der Waals surface area contributed by atoms with E-state index in [9.17, 15) is 24.6 Å². The van der Waals surface area contributed by atoms with Crippen molar-refractivity contribution >= 4 is 29.1 Å². The number of amides is 1. The van der Waals surface area contributed by atoms with Gasteiger partial charge in [0.2, 0.25) is 0 Å². The number of ether oxygens (including phenoxy) is 1. The Balaban J connectivity index is 2.31. The van der Waals surface area contributed by atoms with Crippen molar-refractivity contribution in [2.75, 3.05) is 12.0 Å². The second-order valence-corrected chi connectivity index (χ2v) is 7.01. The Bertz CT molecular complexity index is 1050. The largest absolute Gasteiger partial charge is 0.507 e. The van der Waals surface area contributed by atoms with Crippen LogP contribution in [-0.2, 0) is 19.1 Å². The van der Waals surface area contributed by atoms with Gasteiger partial charge in [0.05, 0.1) is 12.8 Å². The molecular formula is C22H21NO6. The predicted octanol–water partition coefficient (Wildman–Crippen LogP) is 2.36. The van der Waals surface area contributed by atoms with Crippen molar-refractivity contribution in [3.05, 3.63) is 70.3 Å². The highest BCUT2D eigenvalue weighted by molar-refractivity contribution is 6.54. The molecule has 2 aromatic carbocycles. The zero-order valence-corrected chi connectivity index (χ0v) is 16.5. The summed E-state index contributed by atoms with van der Waals surface area (Å²) >= 11 is 0. The minimum atomic E-state index is -2.81. The van der Waals surface area contributed by atoms with Gasteiger partial charge in [-0.3, -0.25) is 14.5 Å². The van der Waals surface area contributed by atoms with Gasteiger partial charge in [0.1, 0.15) is 11.3 Å². The lowest BCUT2D eigenvalue weighted by molar-refractivity contribution is -0.158. The molecule has 7 nitrogen and oxygen atoms in total. The third-order valence-corrected chi connectivity index (χ3v) is 4.92. The van der Waals surface area contributed by atoms with Crippen LogP contribution in [-0.4, -0.2) is 40.7 Å². The number of hydrogen-bond acceptors (Lipinski definition) is 6. The molecule has 29 heavy (non-hydrogen) atoms. The topological polar surface area (TPSA) is 104 Å². The molecule has 7 heteroatoms. The van der Waals surface area contributed by atoms with Crippen LogP contribution in [0.5, 0.6) is 0 Å². The van der Waals surface area contributed by atoms with Gasteiger partial charge in [-0.15, -0.1) is 0 Å². The lowest BCUT2D eigenvalue weighted by Gasteiger charge is -2.32. The van der Waals surface area contributed by atoms with Crippen LogP contribution in [0.4, 0.5) is 5.69 Å². The van der Waals surface area contributed by atoms with Crippen molar-refractivity contribution in [1.82, 2.24) is 0 Å². The molecule has 0 saturated carbocycles. The summed E-state index contributed by atoms with van der Waals surface area (Å²) in [6.45, 7) is 5.36. The normalized spacial score (nSPS) is 20.8. The van der Waals surface area contributed by atoms with Crippen molar-refractivity contribution in [3.63, 3.8) is 0 Å². The third kappa shape index (κ3) is 3.09. The molecular weight excluding hydrogens is 374 g/mol. The molecule has 1 unspecified atom stereocenters. The number of nitrogens with zero attached hydrogens (tertiary/aromatic N) is 1. The fourth-order valence-electron chi connectivity index (χ4n) is 3.43. The van der Waals surface area contributed by atoms with Gasteiger partial charge >= 0.3 is 11.9 Å². The lowest BCUT2D eigenvalue weighted by Crippen LogP contribution is -2.54. The summed E-state index contributed by atoms with van der Waals surface area (Å²) in [7, 11) is 1.02. The molecule has 1 heterocycles. The highest BCUT2D eigenvalue weighted by Gasteiger charge is 2.62. The van der Waals surface area contributed by atoms with Gasteiger partial charge in [0.15, 0.2) is 0 Å². The SMILES string of the molecule is COC(=O)C1(O)C(=C(O)c2ccc(C)cc2)C(=O)C(=O)N1c1ccc(C)cc1C. The van der Waals surface area contributed by atoms with E-state index < -0.39 is 34.7 Å². The smallest absolute Gasteiger partial charge is 0.365 e. The van der Waals surface area contributed by atoms with E-state index in [4.69, 9.17) is 4.74 Å². The molecule has 1 saturated heterocycles. The van der Waals surface area contributed by atoms with Crippen LogP contribution in [0.3, 0.4) is 0 Å². The molecule has 3 rings (SSSR count). The van der Waals surface area contributed by atoms with Gasteiger partial charge < -0.3 is 14.9 Å².